The minimum Gasteiger partial charge on any atom is -0.494 e. The molecule has 6 nitrogen and oxygen atoms in total. The predicted molar refractivity (Wildman–Crippen MR) is 103 cm³/mol. The summed E-state index contributed by atoms with van der Waals surface area (Å²) in [6.45, 7) is 3.11. The number of aromatic amines is 1. The summed E-state index contributed by atoms with van der Waals surface area (Å²) in [5, 5.41) is 9.83. The second-order valence-corrected chi connectivity index (χ2v) is 6.09. The van der Waals surface area contributed by atoms with E-state index in [1.807, 2.05) is 66.1 Å². The van der Waals surface area contributed by atoms with Crippen molar-refractivity contribution in [3.63, 3.8) is 0 Å². The number of benzene rings is 2. The van der Waals surface area contributed by atoms with E-state index in [4.69, 9.17) is 17.0 Å². The Bertz CT molecular complexity index is 917. The molecule has 3 rings (SSSR count). The van der Waals surface area contributed by atoms with Gasteiger partial charge in [-0.3, -0.25) is 14.5 Å². The highest BCUT2D eigenvalue weighted by Crippen LogP contribution is 2.16. The number of hydrogen-bond acceptors (Lipinski definition) is 4. The molecule has 26 heavy (non-hydrogen) atoms. The first kappa shape index (κ1) is 17.9. The van der Waals surface area contributed by atoms with E-state index in [0.717, 1.165) is 11.3 Å². The van der Waals surface area contributed by atoms with Gasteiger partial charge in [-0.25, -0.2) is 0 Å². The minimum absolute atomic E-state index is 0.132. The Balaban J connectivity index is 1.67. The van der Waals surface area contributed by atoms with Crippen LogP contribution >= 0.6 is 12.2 Å². The predicted octanol–water partition coefficient (Wildman–Crippen LogP) is 3.57. The van der Waals surface area contributed by atoms with Crippen LogP contribution in [-0.4, -0.2) is 27.3 Å². The molecule has 0 spiro atoms. The summed E-state index contributed by atoms with van der Waals surface area (Å²) in [4.78, 5) is 12.4. The molecule has 0 aliphatic rings. The smallest absolute Gasteiger partial charge is 0.232 e. The summed E-state index contributed by atoms with van der Waals surface area (Å²) in [6, 6.07) is 17.2. The molecule has 0 bridgehead atoms. The van der Waals surface area contributed by atoms with Crippen molar-refractivity contribution in [2.75, 3.05) is 11.9 Å². The van der Waals surface area contributed by atoms with Gasteiger partial charge in [0.15, 0.2) is 4.77 Å². The van der Waals surface area contributed by atoms with E-state index in [1.165, 1.54) is 0 Å². The fourth-order valence-electron chi connectivity index (χ4n) is 2.56. The number of amides is 1. The third kappa shape index (κ3) is 4.58. The Morgan fingerprint density at radius 1 is 1.19 bits per heavy atom. The van der Waals surface area contributed by atoms with Crippen molar-refractivity contribution in [3.8, 4) is 5.75 Å². The summed E-state index contributed by atoms with van der Waals surface area (Å²) in [5.41, 5.74) is 1.81. The number of aromatic nitrogens is 3. The molecular weight excluding hydrogens is 348 g/mol. The van der Waals surface area contributed by atoms with Crippen LogP contribution < -0.4 is 10.1 Å². The van der Waals surface area contributed by atoms with E-state index in [9.17, 15) is 4.79 Å². The zero-order valence-corrected chi connectivity index (χ0v) is 15.3. The van der Waals surface area contributed by atoms with Crippen LogP contribution in [0.5, 0.6) is 5.75 Å². The number of H-pyrrole nitrogens is 1. The molecule has 134 valence electrons. The van der Waals surface area contributed by atoms with Crippen LogP contribution in [0.1, 0.15) is 18.3 Å². The largest absolute Gasteiger partial charge is 0.494 e. The molecule has 1 amide bonds. The van der Waals surface area contributed by atoms with E-state index in [-0.39, 0.29) is 12.3 Å². The van der Waals surface area contributed by atoms with Gasteiger partial charge in [-0.2, -0.15) is 5.10 Å². The van der Waals surface area contributed by atoms with Crippen molar-refractivity contribution in [1.82, 2.24) is 14.8 Å². The molecule has 0 fully saturated rings. The maximum absolute atomic E-state index is 12.4. The van der Waals surface area contributed by atoms with Crippen LogP contribution in [0.2, 0.25) is 0 Å². The molecule has 7 heteroatoms. The molecule has 0 saturated heterocycles. The lowest BCUT2D eigenvalue weighted by Crippen LogP contribution is -2.18. The second kappa shape index (κ2) is 8.44. The maximum atomic E-state index is 12.4. The van der Waals surface area contributed by atoms with Gasteiger partial charge in [0, 0.05) is 5.69 Å². The average Bonchev–Trinajstić information content (AvgIpc) is 2.98. The van der Waals surface area contributed by atoms with Crippen LogP contribution in [0.25, 0.3) is 0 Å². The van der Waals surface area contributed by atoms with Crippen molar-refractivity contribution < 1.29 is 9.53 Å². The van der Waals surface area contributed by atoms with Crippen molar-refractivity contribution in [3.05, 3.63) is 70.8 Å². The van der Waals surface area contributed by atoms with E-state index in [2.05, 4.69) is 15.5 Å². The summed E-state index contributed by atoms with van der Waals surface area (Å²) in [7, 11) is 0. The first-order valence-electron chi connectivity index (χ1n) is 8.36. The SMILES string of the molecule is CCOc1ccc(NC(=O)Cc2n[nH]c(=S)n2Cc2ccccc2)cc1. The van der Waals surface area contributed by atoms with Gasteiger partial charge in [0.05, 0.1) is 19.6 Å². The van der Waals surface area contributed by atoms with Crippen molar-refractivity contribution in [2.45, 2.75) is 19.9 Å². The number of nitrogens with zero attached hydrogens (tertiary/aromatic N) is 2. The molecule has 1 heterocycles. The monoisotopic (exact) mass is 368 g/mol. The Morgan fingerprint density at radius 3 is 2.62 bits per heavy atom. The molecule has 0 aliphatic heterocycles. The number of carbonyl (C=O) groups excluding carboxylic acids is 1. The Morgan fingerprint density at radius 2 is 1.92 bits per heavy atom. The summed E-state index contributed by atoms with van der Waals surface area (Å²) >= 11 is 5.29. The van der Waals surface area contributed by atoms with E-state index >= 15 is 0 Å². The fraction of sp³-hybridized carbons (Fsp3) is 0.211. The van der Waals surface area contributed by atoms with Gasteiger partial charge < -0.3 is 10.1 Å². The molecule has 0 unspecified atom stereocenters. The number of anilines is 1. The Labute approximate surface area is 156 Å². The fourth-order valence-corrected chi connectivity index (χ4v) is 2.78. The van der Waals surface area contributed by atoms with Crippen LogP contribution in [0.3, 0.4) is 0 Å². The lowest BCUT2D eigenvalue weighted by atomic mass is 10.2. The normalized spacial score (nSPS) is 10.5. The van der Waals surface area contributed by atoms with Crippen molar-refractivity contribution in [2.24, 2.45) is 0 Å². The van der Waals surface area contributed by atoms with Gasteiger partial charge in [-0.15, -0.1) is 0 Å². The first-order chi connectivity index (χ1) is 12.7. The molecule has 3 aromatic rings. The molecular formula is C19H20N4O2S. The molecule has 2 N–H and O–H groups in total. The highest BCUT2D eigenvalue weighted by Gasteiger charge is 2.12. The summed E-state index contributed by atoms with van der Waals surface area (Å²) < 4.78 is 7.73. The number of hydrogen-bond donors (Lipinski definition) is 2. The number of ether oxygens (including phenoxy) is 1. The third-order valence-corrected chi connectivity index (χ3v) is 4.10. The Kier molecular flexibility index (Phi) is 5.80. The zero-order valence-electron chi connectivity index (χ0n) is 14.4. The van der Waals surface area contributed by atoms with E-state index in [1.54, 1.807) is 0 Å². The van der Waals surface area contributed by atoms with Crippen LogP contribution in [0, 0.1) is 4.77 Å². The van der Waals surface area contributed by atoms with Crippen molar-refractivity contribution >= 4 is 23.8 Å². The topological polar surface area (TPSA) is 71.9 Å². The molecule has 1 aromatic heterocycles. The van der Waals surface area contributed by atoms with Gasteiger partial charge in [0.25, 0.3) is 0 Å². The Hall–Kier alpha value is -2.93. The quantitative estimate of drug-likeness (QED) is 0.626. The minimum atomic E-state index is -0.155. The zero-order chi connectivity index (χ0) is 18.4. The van der Waals surface area contributed by atoms with Gasteiger partial charge in [0.2, 0.25) is 5.91 Å². The highest BCUT2D eigenvalue weighted by molar-refractivity contribution is 7.71. The van der Waals surface area contributed by atoms with Crippen LogP contribution in [0.4, 0.5) is 5.69 Å². The third-order valence-electron chi connectivity index (χ3n) is 3.79. The molecule has 0 radical (unpaired) electrons. The van der Waals surface area contributed by atoms with Crippen LogP contribution in [0.15, 0.2) is 54.6 Å². The van der Waals surface area contributed by atoms with Gasteiger partial charge in [0.1, 0.15) is 11.6 Å². The average molecular weight is 368 g/mol. The standard InChI is InChI=1S/C19H20N4O2S/c1-2-25-16-10-8-15(9-11-16)20-18(24)12-17-21-22-19(26)23(17)13-14-6-4-3-5-7-14/h3-11H,2,12-13H2,1H3,(H,20,24)(H,22,26). The molecule has 0 atom stereocenters. The molecule has 0 saturated carbocycles. The summed E-state index contributed by atoms with van der Waals surface area (Å²) in [5.74, 6) is 1.22. The van der Waals surface area contributed by atoms with Gasteiger partial charge in [-0.1, -0.05) is 30.3 Å². The number of carbonyl (C=O) groups is 1. The van der Waals surface area contributed by atoms with Gasteiger partial charge in [-0.05, 0) is 49.0 Å². The van der Waals surface area contributed by atoms with Crippen LogP contribution in [-0.2, 0) is 17.8 Å². The highest BCUT2D eigenvalue weighted by atomic mass is 32.1. The lowest BCUT2D eigenvalue weighted by molar-refractivity contribution is -0.115. The summed E-state index contributed by atoms with van der Waals surface area (Å²) in [6.07, 6.45) is 0.132. The lowest BCUT2D eigenvalue weighted by Gasteiger charge is -2.09. The van der Waals surface area contributed by atoms with E-state index in [0.29, 0.717) is 29.4 Å². The molecule has 2 aromatic carbocycles. The van der Waals surface area contributed by atoms with Crippen molar-refractivity contribution in [1.29, 1.82) is 0 Å². The number of rotatable bonds is 7. The maximum Gasteiger partial charge on any atom is 0.232 e. The second-order valence-electron chi connectivity index (χ2n) is 5.70. The first-order valence-corrected chi connectivity index (χ1v) is 8.77. The van der Waals surface area contributed by atoms with E-state index < -0.39 is 0 Å². The van der Waals surface area contributed by atoms with Gasteiger partial charge >= 0.3 is 0 Å². The molecule has 0 aliphatic carbocycles. The number of nitrogens with one attached hydrogen (secondary N) is 2.